The molecule has 0 bridgehead atoms. The van der Waals surface area contributed by atoms with E-state index in [0.29, 0.717) is 11.5 Å². The fourth-order valence-electron chi connectivity index (χ4n) is 2.24. The number of aromatic amines is 1. The van der Waals surface area contributed by atoms with Crippen molar-refractivity contribution >= 4 is 10.9 Å². The summed E-state index contributed by atoms with van der Waals surface area (Å²) in [5.74, 6) is 1.04. The first-order chi connectivity index (χ1) is 9.18. The zero-order valence-corrected chi connectivity index (χ0v) is 10.8. The van der Waals surface area contributed by atoms with Crippen molar-refractivity contribution in [2.45, 2.75) is 19.8 Å². The van der Waals surface area contributed by atoms with Gasteiger partial charge in [0.1, 0.15) is 17.4 Å². The Kier molecular flexibility index (Phi) is 2.67. The number of hydrogen-bond acceptors (Lipinski definition) is 3. The van der Waals surface area contributed by atoms with Gasteiger partial charge in [0.2, 0.25) is 0 Å². The van der Waals surface area contributed by atoms with E-state index in [-0.39, 0.29) is 5.92 Å². The molecule has 1 N–H and O–H groups in total. The third-order valence-corrected chi connectivity index (χ3v) is 3.36. The number of nitrogens with one attached hydrogen (secondary N) is 1. The Balaban J connectivity index is 2.22. The third kappa shape index (κ3) is 1.83. The average Bonchev–Trinajstić information content (AvgIpc) is 2.96. The quantitative estimate of drug-likeness (QED) is 0.562. The topological polar surface area (TPSA) is 68.5 Å². The summed E-state index contributed by atoms with van der Waals surface area (Å²) in [6, 6.07) is 7.66. The molecule has 1 unspecified atom stereocenters. The highest BCUT2D eigenvalue weighted by atomic mass is 16.5. The average molecular weight is 254 g/mol. The van der Waals surface area contributed by atoms with E-state index >= 15 is 0 Å². The summed E-state index contributed by atoms with van der Waals surface area (Å²) in [6.07, 6.45) is 3.42. The molecule has 2 heterocycles. The first-order valence-electron chi connectivity index (χ1n) is 6.16. The lowest BCUT2D eigenvalue weighted by atomic mass is 10.1. The van der Waals surface area contributed by atoms with E-state index in [0.717, 1.165) is 21.5 Å². The van der Waals surface area contributed by atoms with E-state index in [1.54, 1.807) is 12.4 Å². The Bertz CT molecular complexity index is 722. The van der Waals surface area contributed by atoms with Crippen LogP contribution in [-0.4, -0.2) is 15.0 Å². The molecule has 5 heteroatoms. The molecular formula is C14H14N4O. The predicted octanol–water partition coefficient (Wildman–Crippen LogP) is 2.05. The maximum absolute atomic E-state index is 12.3. The maximum Gasteiger partial charge on any atom is 0.312 e. The van der Waals surface area contributed by atoms with E-state index in [9.17, 15) is 5.21 Å². The highest BCUT2D eigenvalue weighted by Gasteiger charge is 2.24. The third-order valence-electron chi connectivity index (χ3n) is 3.36. The van der Waals surface area contributed by atoms with Crippen molar-refractivity contribution in [2.75, 3.05) is 0 Å². The zero-order valence-electron chi connectivity index (χ0n) is 10.8. The summed E-state index contributed by atoms with van der Waals surface area (Å²) < 4.78 is 0.898. The molecule has 0 aliphatic carbocycles. The fraction of sp³-hybridized carbons (Fsp3) is 0.214. The number of rotatable bonds is 2. The molecule has 0 saturated heterocycles. The summed E-state index contributed by atoms with van der Waals surface area (Å²) in [6.45, 7) is 3.74. The summed E-state index contributed by atoms with van der Waals surface area (Å²) in [5.41, 5.74) is 1.50. The van der Waals surface area contributed by atoms with Crippen LogP contribution in [0, 0.1) is 12.1 Å². The van der Waals surface area contributed by atoms with Crippen molar-refractivity contribution in [3.63, 3.8) is 0 Å². The lowest BCUT2D eigenvalue weighted by Crippen LogP contribution is -2.38. The minimum atomic E-state index is -0.171. The van der Waals surface area contributed by atoms with E-state index in [1.165, 1.54) is 0 Å². The van der Waals surface area contributed by atoms with Crippen molar-refractivity contribution in [3.05, 3.63) is 59.2 Å². The van der Waals surface area contributed by atoms with Gasteiger partial charge in [-0.15, -0.1) is 0 Å². The number of H-pyrrole nitrogens is 1. The van der Waals surface area contributed by atoms with Gasteiger partial charge in [-0.2, -0.15) is 0 Å². The molecule has 0 saturated carbocycles. The highest BCUT2D eigenvalue weighted by molar-refractivity contribution is 5.79. The van der Waals surface area contributed by atoms with Crippen LogP contribution in [0.15, 0.2) is 36.7 Å². The van der Waals surface area contributed by atoms with Crippen molar-refractivity contribution < 1.29 is 4.73 Å². The number of aromatic nitrogens is 4. The Morgan fingerprint density at radius 1 is 1.32 bits per heavy atom. The molecule has 0 spiro atoms. The Morgan fingerprint density at radius 3 is 2.84 bits per heavy atom. The Morgan fingerprint density at radius 2 is 2.11 bits per heavy atom. The molecule has 5 nitrogen and oxygen atoms in total. The minimum Gasteiger partial charge on any atom is -0.711 e. The molecule has 19 heavy (non-hydrogen) atoms. The van der Waals surface area contributed by atoms with Crippen LogP contribution < -0.4 is 4.73 Å². The Labute approximate surface area is 110 Å². The van der Waals surface area contributed by atoms with Crippen LogP contribution in [0.1, 0.15) is 30.2 Å². The van der Waals surface area contributed by atoms with Crippen LogP contribution in [0.5, 0.6) is 0 Å². The molecule has 0 aliphatic rings. The predicted molar refractivity (Wildman–Crippen MR) is 71.5 cm³/mol. The fourth-order valence-corrected chi connectivity index (χ4v) is 2.24. The van der Waals surface area contributed by atoms with Crippen LogP contribution >= 0.6 is 0 Å². The van der Waals surface area contributed by atoms with Gasteiger partial charge in [0.05, 0.1) is 5.39 Å². The van der Waals surface area contributed by atoms with Gasteiger partial charge in [0.15, 0.2) is 5.52 Å². The second-order valence-electron chi connectivity index (χ2n) is 4.56. The second-order valence-corrected chi connectivity index (χ2v) is 4.56. The molecule has 0 fully saturated rings. The molecule has 2 aromatic heterocycles. The number of para-hydroxylation sites is 1. The van der Waals surface area contributed by atoms with Gasteiger partial charge in [-0.3, -0.25) is 0 Å². The van der Waals surface area contributed by atoms with Gasteiger partial charge in [-0.25, -0.2) is 9.71 Å². The SMILES string of the molecule is Cc1c2ccccc2nc(C(C)c2ncc[nH]2)[n+]1[O-]. The van der Waals surface area contributed by atoms with E-state index in [1.807, 2.05) is 38.1 Å². The standard InChI is InChI=1S/C14H14N4O/c1-9(13-15-7-8-16-13)14-17-12-6-4-3-5-11(12)10(2)18(14)19/h3-9H,1-2H3,(H,15,16). The number of fused-ring (bicyclic) bond motifs is 1. The number of benzene rings is 1. The first-order valence-corrected chi connectivity index (χ1v) is 6.16. The number of imidazole rings is 1. The van der Waals surface area contributed by atoms with Crippen LogP contribution in [0.25, 0.3) is 10.9 Å². The molecule has 0 aliphatic heterocycles. The second kappa shape index (κ2) is 4.35. The lowest BCUT2D eigenvalue weighted by molar-refractivity contribution is -0.623. The molecule has 1 atom stereocenters. The highest BCUT2D eigenvalue weighted by Crippen LogP contribution is 2.20. The van der Waals surface area contributed by atoms with Crippen LogP contribution in [-0.2, 0) is 0 Å². The van der Waals surface area contributed by atoms with Crippen LogP contribution in [0.2, 0.25) is 0 Å². The molecule has 0 amide bonds. The minimum absolute atomic E-state index is 0.171. The monoisotopic (exact) mass is 254 g/mol. The first kappa shape index (κ1) is 11.6. The molecule has 96 valence electrons. The summed E-state index contributed by atoms with van der Waals surface area (Å²) >= 11 is 0. The van der Waals surface area contributed by atoms with Gasteiger partial charge in [0, 0.05) is 12.4 Å². The van der Waals surface area contributed by atoms with Gasteiger partial charge < -0.3 is 10.2 Å². The number of hydrogen-bond donors (Lipinski definition) is 1. The summed E-state index contributed by atoms with van der Waals surface area (Å²) in [5, 5.41) is 13.2. The zero-order chi connectivity index (χ0) is 13.4. The van der Waals surface area contributed by atoms with Crippen molar-refractivity contribution in [2.24, 2.45) is 0 Å². The smallest absolute Gasteiger partial charge is 0.312 e. The molecular weight excluding hydrogens is 240 g/mol. The molecule has 0 radical (unpaired) electrons. The van der Waals surface area contributed by atoms with Crippen molar-refractivity contribution in [3.8, 4) is 0 Å². The Hall–Kier alpha value is -2.43. The van der Waals surface area contributed by atoms with Crippen LogP contribution in [0.4, 0.5) is 0 Å². The van der Waals surface area contributed by atoms with E-state index < -0.39 is 0 Å². The lowest BCUT2D eigenvalue weighted by Gasteiger charge is -2.14. The van der Waals surface area contributed by atoms with Gasteiger partial charge in [0.25, 0.3) is 0 Å². The van der Waals surface area contributed by atoms with Crippen molar-refractivity contribution in [1.29, 1.82) is 0 Å². The van der Waals surface area contributed by atoms with E-state index in [2.05, 4.69) is 15.0 Å². The van der Waals surface area contributed by atoms with Gasteiger partial charge in [-0.05, 0) is 31.0 Å². The van der Waals surface area contributed by atoms with Gasteiger partial charge >= 0.3 is 5.82 Å². The summed E-state index contributed by atoms with van der Waals surface area (Å²) in [4.78, 5) is 11.7. The maximum atomic E-state index is 12.3. The van der Waals surface area contributed by atoms with Crippen LogP contribution in [0.3, 0.4) is 0 Å². The van der Waals surface area contributed by atoms with Crippen molar-refractivity contribution in [1.82, 2.24) is 15.0 Å². The largest absolute Gasteiger partial charge is 0.711 e. The normalized spacial score (nSPS) is 12.7. The summed E-state index contributed by atoms with van der Waals surface area (Å²) in [7, 11) is 0. The van der Waals surface area contributed by atoms with E-state index in [4.69, 9.17) is 0 Å². The molecule has 1 aromatic carbocycles. The molecule has 3 aromatic rings. The molecule has 3 rings (SSSR count). The number of aryl methyl sites for hydroxylation is 1. The van der Waals surface area contributed by atoms with Gasteiger partial charge in [-0.1, -0.05) is 12.1 Å². The number of nitrogens with zero attached hydrogens (tertiary/aromatic N) is 3.